The predicted molar refractivity (Wildman–Crippen MR) is 113 cm³/mol. The van der Waals surface area contributed by atoms with Gasteiger partial charge in [-0.15, -0.1) is 13.2 Å². The number of primary amides is 1. The Morgan fingerprint density at radius 1 is 1.03 bits per heavy atom. The van der Waals surface area contributed by atoms with Crippen LogP contribution < -0.4 is 11.1 Å². The third kappa shape index (κ3) is 7.26. The lowest BCUT2D eigenvalue weighted by Gasteiger charge is -2.27. The lowest BCUT2D eigenvalue weighted by atomic mass is 9.98. The molecule has 152 valence electrons. The molecule has 0 aliphatic rings. The Bertz CT molecular complexity index is 886. The Morgan fingerprint density at radius 2 is 1.48 bits per heavy atom. The number of nitrogens with two attached hydrogens (primary N) is 1. The maximum atomic E-state index is 12.3. The van der Waals surface area contributed by atoms with E-state index in [1.165, 1.54) is 13.8 Å². The van der Waals surface area contributed by atoms with Gasteiger partial charge in [-0.2, -0.15) is 0 Å². The fourth-order valence-electron chi connectivity index (χ4n) is 2.35. The number of aliphatic hydroxyl groups is 2. The molecule has 2 aromatic rings. The highest BCUT2D eigenvalue weighted by molar-refractivity contribution is 5.97. The molecule has 0 bridgehead atoms. The van der Waals surface area contributed by atoms with Crippen LogP contribution in [-0.4, -0.2) is 33.7 Å². The second-order valence-corrected chi connectivity index (χ2v) is 6.64. The molecular weight excluding hydrogens is 368 g/mol. The van der Waals surface area contributed by atoms with Crippen LogP contribution in [-0.2, 0) is 11.4 Å². The summed E-state index contributed by atoms with van der Waals surface area (Å²) in [5, 5.41) is 21.4. The van der Waals surface area contributed by atoms with Crippen molar-refractivity contribution in [2.75, 3.05) is 0 Å². The minimum Gasteiger partial charge on any atom is -0.392 e. The van der Waals surface area contributed by atoms with Gasteiger partial charge in [0.05, 0.1) is 12.2 Å². The quantitative estimate of drug-likeness (QED) is 0.457. The number of amides is 2. The average molecular weight is 394 g/mol. The number of hydrogen-bond donors (Lipinski definition) is 4. The van der Waals surface area contributed by atoms with Gasteiger partial charge in [0.1, 0.15) is 6.04 Å². The van der Waals surface area contributed by atoms with Crippen LogP contribution in [0.4, 0.5) is 0 Å². The topological polar surface area (TPSA) is 113 Å². The average Bonchev–Trinajstić information content (AvgIpc) is 2.71. The van der Waals surface area contributed by atoms with Crippen LogP contribution >= 0.6 is 0 Å². The smallest absolute Gasteiger partial charge is 0.252 e. The first kappa shape index (κ1) is 23.6. The number of hydrogen-bond acceptors (Lipinski definition) is 4. The second-order valence-electron chi connectivity index (χ2n) is 6.64. The summed E-state index contributed by atoms with van der Waals surface area (Å²) in [5.41, 5.74) is 6.43. The Kier molecular flexibility index (Phi) is 8.81. The van der Waals surface area contributed by atoms with Crippen molar-refractivity contribution in [3.05, 3.63) is 83.9 Å². The zero-order chi connectivity index (χ0) is 22.0. The molecule has 0 aromatic heterocycles. The van der Waals surface area contributed by atoms with E-state index in [2.05, 4.69) is 30.3 Å². The van der Waals surface area contributed by atoms with Gasteiger partial charge in [-0.1, -0.05) is 24.0 Å². The first-order valence-electron chi connectivity index (χ1n) is 8.85. The van der Waals surface area contributed by atoms with Gasteiger partial charge in [-0.25, -0.2) is 0 Å². The van der Waals surface area contributed by atoms with E-state index < -0.39 is 23.5 Å². The fourth-order valence-corrected chi connectivity index (χ4v) is 2.35. The lowest BCUT2D eigenvalue weighted by Crippen LogP contribution is -2.56. The van der Waals surface area contributed by atoms with Crippen molar-refractivity contribution in [3.63, 3.8) is 0 Å². The zero-order valence-corrected chi connectivity index (χ0v) is 16.6. The van der Waals surface area contributed by atoms with E-state index in [0.29, 0.717) is 11.1 Å². The molecule has 6 nitrogen and oxygen atoms in total. The van der Waals surface area contributed by atoms with E-state index in [4.69, 9.17) is 10.8 Å². The van der Waals surface area contributed by atoms with E-state index in [1.54, 1.807) is 36.4 Å². The highest BCUT2D eigenvalue weighted by Gasteiger charge is 2.33. The Balaban J connectivity index is 0.00000204. The zero-order valence-electron chi connectivity index (χ0n) is 16.6. The molecule has 0 heterocycles. The van der Waals surface area contributed by atoms with Crippen LogP contribution in [0, 0.1) is 11.8 Å². The SMILES string of the molecule is C=C.CC(C)(O)C(NC(=O)c1ccc(C#Cc2ccc(CO)cc2)cc1)C(N)=O. The van der Waals surface area contributed by atoms with Gasteiger partial charge >= 0.3 is 0 Å². The first-order valence-corrected chi connectivity index (χ1v) is 8.85. The monoisotopic (exact) mass is 394 g/mol. The largest absolute Gasteiger partial charge is 0.392 e. The molecule has 2 amide bonds. The van der Waals surface area contributed by atoms with Crippen LogP contribution in [0.2, 0.25) is 0 Å². The highest BCUT2D eigenvalue weighted by Crippen LogP contribution is 2.10. The lowest BCUT2D eigenvalue weighted by molar-refractivity contribution is -0.125. The summed E-state index contributed by atoms with van der Waals surface area (Å²) in [7, 11) is 0. The van der Waals surface area contributed by atoms with Gasteiger partial charge < -0.3 is 21.3 Å². The molecule has 0 spiro atoms. The normalized spacial score (nSPS) is 11.2. The van der Waals surface area contributed by atoms with Crippen LogP contribution in [0.3, 0.4) is 0 Å². The molecule has 6 heteroatoms. The van der Waals surface area contributed by atoms with Crippen LogP contribution in [0.15, 0.2) is 61.7 Å². The Morgan fingerprint density at radius 3 is 1.86 bits per heavy atom. The fraction of sp³-hybridized carbons (Fsp3) is 0.217. The van der Waals surface area contributed by atoms with Crippen molar-refractivity contribution in [1.29, 1.82) is 0 Å². The van der Waals surface area contributed by atoms with Crippen LogP contribution in [0.25, 0.3) is 0 Å². The molecule has 0 aliphatic heterocycles. The van der Waals surface area contributed by atoms with Crippen molar-refractivity contribution >= 4 is 11.8 Å². The minimum absolute atomic E-state index is 0.0126. The molecular formula is C23H26N2O4. The van der Waals surface area contributed by atoms with Crippen molar-refractivity contribution < 1.29 is 19.8 Å². The van der Waals surface area contributed by atoms with Gasteiger partial charge in [0.2, 0.25) is 5.91 Å². The summed E-state index contributed by atoms with van der Waals surface area (Å²) in [4.78, 5) is 23.7. The number of carbonyl (C=O) groups is 2. The van der Waals surface area contributed by atoms with Crippen molar-refractivity contribution in [2.24, 2.45) is 5.73 Å². The van der Waals surface area contributed by atoms with Crippen LogP contribution in [0.5, 0.6) is 0 Å². The summed E-state index contributed by atoms with van der Waals surface area (Å²) in [6, 6.07) is 12.6. The van der Waals surface area contributed by atoms with E-state index in [0.717, 1.165) is 11.1 Å². The molecule has 0 radical (unpaired) electrons. The Labute approximate surface area is 171 Å². The number of rotatable bonds is 5. The van der Waals surface area contributed by atoms with Crippen molar-refractivity contribution in [1.82, 2.24) is 5.32 Å². The van der Waals surface area contributed by atoms with Gasteiger partial charge in [-0.3, -0.25) is 9.59 Å². The molecule has 2 aromatic carbocycles. The van der Waals surface area contributed by atoms with Gasteiger partial charge in [0, 0.05) is 16.7 Å². The number of aliphatic hydroxyl groups excluding tert-OH is 1. The predicted octanol–water partition coefficient (Wildman–Crippen LogP) is 1.74. The third-order valence-electron chi connectivity index (χ3n) is 3.90. The van der Waals surface area contributed by atoms with E-state index in [1.807, 2.05) is 12.1 Å². The van der Waals surface area contributed by atoms with Gasteiger partial charge in [0.25, 0.3) is 5.91 Å². The molecule has 0 aliphatic carbocycles. The summed E-state index contributed by atoms with van der Waals surface area (Å²) < 4.78 is 0. The van der Waals surface area contributed by atoms with Gasteiger partial charge in [-0.05, 0) is 55.8 Å². The van der Waals surface area contributed by atoms with E-state index in [9.17, 15) is 14.7 Å². The number of nitrogens with one attached hydrogen (secondary N) is 1. The Hall–Kier alpha value is -3.40. The maximum absolute atomic E-state index is 12.3. The third-order valence-corrected chi connectivity index (χ3v) is 3.90. The standard InChI is InChI=1S/C21H22N2O4.C2H4/c1-21(2,27)18(19(22)25)23-20(26)17-11-9-15(10-12-17)4-3-14-5-7-16(13-24)8-6-14;1-2/h5-12,18,24,27H,13H2,1-2H3,(H2,22,25)(H,23,26);1-2H2. The summed E-state index contributed by atoms with van der Waals surface area (Å²) >= 11 is 0. The summed E-state index contributed by atoms with van der Waals surface area (Å²) in [6.45, 7) is 8.78. The molecule has 0 fully saturated rings. The highest BCUT2D eigenvalue weighted by atomic mass is 16.3. The molecule has 1 unspecified atom stereocenters. The number of benzene rings is 2. The van der Waals surface area contributed by atoms with E-state index >= 15 is 0 Å². The summed E-state index contributed by atoms with van der Waals surface area (Å²) in [5.74, 6) is 4.66. The number of carbonyl (C=O) groups excluding carboxylic acids is 2. The molecule has 29 heavy (non-hydrogen) atoms. The first-order chi connectivity index (χ1) is 13.7. The second kappa shape index (κ2) is 10.8. The van der Waals surface area contributed by atoms with Crippen molar-refractivity contribution in [2.45, 2.75) is 32.1 Å². The molecule has 2 rings (SSSR count). The summed E-state index contributed by atoms with van der Waals surface area (Å²) in [6.07, 6.45) is 0. The van der Waals surface area contributed by atoms with Crippen molar-refractivity contribution in [3.8, 4) is 11.8 Å². The molecule has 5 N–H and O–H groups in total. The minimum atomic E-state index is -1.47. The molecule has 1 atom stereocenters. The van der Waals surface area contributed by atoms with E-state index in [-0.39, 0.29) is 6.61 Å². The van der Waals surface area contributed by atoms with Gasteiger partial charge in [0.15, 0.2) is 0 Å². The molecule has 0 saturated carbocycles. The maximum Gasteiger partial charge on any atom is 0.252 e. The molecule has 0 saturated heterocycles. The van der Waals surface area contributed by atoms with Crippen LogP contribution in [0.1, 0.15) is 40.9 Å².